The van der Waals surface area contributed by atoms with Crippen LogP contribution in [0.3, 0.4) is 0 Å². The Hall–Kier alpha value is -1.44. The summed E-state index contributed by atoms with van der Waals surface area (Å²) in [6.07, 6.45) is 1.76. The third-order valence-corrected chi connectivity index (χ3v) is 4.63. The van der Waals surface area contributed by atoms with Crippen molar-refractivity contribution in [1.29, 1.82) is 0 Å². The van der Waals surface area contributed by atoms with Gasteiger partial charge in [0.1, 0.15) is 4.90 Å². The van der Waals surface area contributed by atoms with Crippen LogP contribution in [0.2, 0.25) is 0 Å². The lowest BCUT2D eigenvalue weighted by Gasteiger charge is -2.10. The maximum Gasteiger partial charge on any atom is 0.242 e. The Morgan fingerprint density at radius 1 is 1.33 bits per heavy atom. The fourth-order valence-electron chi connectivity index (χ4n) is 1.47. The molecule has 96 valence electrons. The number of thiazole rings is 1. The molecule has 1 heterocycles. The Balaban J connectivity index is 2.23. The lowest BCUT2D eigenvalue weighted by Crippen LogP contribution is -2.20. The van der Waals surface area contributed by atoms with Gasteiger partial charge in [0.25, 0.3) is 0 Å². The summed E-state index contributed by atoms with van der Waals surface area (Å²) in [6, 6.07) is 6.80. The summed E-state index contributed by atoms with van der Waals surface area (Å²) in [5.41, 5.74) is 2.33. The first kappa shape index (κ1) is 13.0. The van der Waals surface area contributed by atoms with Gasteiger partial charge in [-0.15, -0.1) is 11.3 Å². The Kier molecular flexibility index (Phi) is 3.95. The molecular formula is C11H13N3O2S2. The molecule has 0 radical (unpaired) electrons. The first-order valence-corrected chi connectivity index (χ1v) is 7.63. The van der Waals surface area contributed by atoms with Crippen LogP contribution < -0.4 is 10.0 Å². The second-order valence-electron chi connectivity index (χ2n) is 3.53. The molecule has 0 unspecified atom stereocenters. The summed E-state index contributed by atoms with van der Waals surface area (Å²) in [5.74, 6) is 0. The number of hydrogen-bond donors (Lipinski definition) is 2. The smallest absolute Gasteiger partial charge is 0.242 e. The van der Waals surface area contributed by atoms with E-state index in [9.17, 15) is 8.42 Å². The SMILES string of the molecule is CNS(=O)(=O)c1ccccc1NCc1cncs1. The largest absolute Gasteiger partial charge is 0.379 e. The minimum atomic E-state index is -3.44. The zero-order valence-electron chi connectivity index (χ0n) is 9.75. The van der Waals surface area contributed by atoms with E-state index in [0.717, 1.165) is 4.88 Å². The second-order valence-corrected chi connectivity index (χ2v) is 6.35. The molecule has 2 rings (SSSR count). The van der Waals surface area contributed by atoms with Gasteiger partial charge in [-0.05, 0) is 19.2 Å². The Labute approximate surface area is 110 Å². The quantitative estimate of drug-likeness (QED) is 0.875. The average molecular weight is 283 g/mol. The predicted molar refractivity (Wildman–Crippen MR) is 72.1 cm³/mol. The van der Waals surface area contributed by atoms with Crippen molar-refractivity contribution in [1.82, 2.24) is 9.71 Å². The number of benzene rings is 1. The van der Waals surface area contributed by atoms with Crippen LogP contribution >= 0.6 is 11.3 Å². The van der Waals surface area contributed by atoms with Crippen molar-refractivity contribution in [3.8, 4) is 0 Å². The van der Waals surface area contributed by atoms with Crippen molar-refractivity contribution < 1.29 is 8.42 Å². The van der Waals surface area contributed by atoms with Crippen LogP contribution in [-0.4, -0.2) is 20.4 Å². The van der Waals surface area contributed by atoms with E-state index in [4.69, 9.17) is 0 Å². The predicted octanol–water partition coefficient (Wildman–Crippen LogP) is 1.66. The zero-order valence-corrected chi connectivity index (χ0v) is 11.4. The number of hydrogen-bond acceptors (Lipinski definition) is 5. The summed E-state index contributed by atoms with van der Waals surface area (Å²) in [6.45, 7) is 0.556. The number of aromatic nitrogens is 1. The molecule has 0 saturated carbocycles. The third-order valence-electron chi connectivity index (χ3n) is 2.38. The number of para-hydroxylation sites is 1. The molecule has 1 aromatic heterocycles. The number of anilines is 1. The molecule has 2 N–H and O–H groups in total. The maximum absolute atomic E-state index is 11.8. The van der Waals surface area contributed by atoms with E-state index in [-0.39, 0.29) is 4.90 Å². The summed E-state index contributed by atoms with van der Waals surface area (Å²) in [5, 5.41) is 3.11. The van der Waals surface area contributed by atoms with E-state index < -0.39 is 10.0 Å². The van der Waals surface area contributed by atoms with E-state index in [1.807, 2.05) is 0 Å². The molecule has 7 heteroatoms. The van der Waals surface area contributed by atoms with E-state index in [0.29, 0.717) is 12.2 Å². The van der Waals surface area contributed by atoms with Gasteiger partial charge in [-0.3, -0.25) is 4.98 Å². The molecule has 0 saturated heterocycles. The molecule has 0 aliphatic carbocycles. The number of rotatable bonds is 5. The second kappa shape index (κ2) is 5.47. The minimum Gasteiger partial charge on any atom is -0.379 e. The monoisotopic (exact) mass is 283 g/mol. The molecule has 0 amide bonds. The Bertz CT molecular complexity index is 609. The van der Waals surface area contributed by atoms with Gasteiger partial charge < -0.3 is 5.32 Å². The molecule has 2 aromatic rings. The summed E-state index contributed by atoms with van der Waals surface area (Å²) >= 11 is 1.52. The number of sulfonamides is 1. The van der Waals surface area contributed by atoms with Gasteiger partial charge >= 0.3 is 0 Å². The summed E-state index contributed by atoms with van der Waals surface area (Å²) < 4.78 is 26.0. The van der Waals surface area contributed by atoms with Crippen LogP contribution in [0.5, 0.6) is 0 Å². The lowest BCUT2D eigenvalue weighted by atomic mass is 10.3. The highest BCUT2D eigenvalue weighted by Gasteiger charge is 2.15. The third kappa shape index (κ3) is 2.87. The summed E-state index contributed by atoms with van der Waals surface area (Å²) in [7, 11) is -2.05. The maximum atomic E-state index is 11.8. The van der Waals surface area contributed by atoms with E-state index >= 15 is 0 Å². The minimum absolute atomic E-state index is 0.247. The molecule has 0 atom stereocenters. The molecule has 0 fully saturated rings. The average Bonchev–Trinajstić information content (AvgIpc) is 2.90. The van der Waals surface area contributed by atoms with Gasteiger partial charge in [0.15, 0.2) is 0 Å². The number of nitrogens with zero attached hydrogens (tertiary/aromatic N) is 1. The van der Waals surface area contributed by atoms with Crippen molar-refractivity contribution in [3.05, 3.63) is 40.8 Å². The van der Waals surface area contributed by atoms with Crippen LogP contribution in [0.4, 0.5) is 5.69 Å². The Morgan fingerprint density at radius 3 is 2.78 bits per heavy atom. The normalized spacial score (nSPS) is 11.4. The fraction of sp³-hybridized carbons (Fsp3) is 0.182. The molecule has 18 heavy (non-hydrogen) atoms. The molecule has 0 spiro atoms. The van der Waals surface area contributed by atoms with Gasteiger partial charge in [0, 0.05) is 11.1 Å². The molecule has 5 nitrogen and oxygen atoms in total. The lowest BCUT2D eigenvalue weighted by molar-refractivity contribution is 0.588. The van der Waals surface area contributed by atoms with E-state index in [2.05, 4.69) is 15.0 Å². The first-order chi connectivity index (χ1) is 8.63. The van der Waals surface area contributed by atoms with Gasteiger partial charge in [-0.1, -0.05) is 12.1 Å². The topological polar surface area (TPSA) is 71.1 Å². The van der Waals surface area contributed by atoms with Crippen molar-refractivity contribution in [3.63, 3.8) is 0 Å². The Morgan fingerprint density at radius 2 is 2.11 bits per heavy atom. The van der Waals surface area contributed by atoms with Crippen LogP contribution in [0.1, 0.15) is 4.88 Å². The van der Waals surface area contributed by atoms with Crippen molar-refractivity contribution in [2.75, 3.05) is 12.4 Å². The first-order valence-electron chi connectivity index (χ1n) is 5.27. The van der Waals surface area contributed by atoms with Gasteiger partial charge in [-0.25, -0.2) is 13.1 Å². The van der Waals surface area contributed by atoms with Crippen molar-refractivity contribution in [2.45, 2.75) is 11.4 Å². The van der Waals surface area contributed by atoms with E-state index in [1.165, 1.54) is 18.4 Å². The van der Waals surface area contributed by atoms with Gasteiger partial charge in [0.2, 0.25) is 10.0 Å². The molecule has 0 bridgehead atoms. The molecule has 0 aliphatic rings. The van der Waals surface area contributed by atoms with Gasteiger partial charge in [0.05, 0.1) is 17.7 Å². The highest BCUT2D eigenvalue weighted by atomic mass is 32.2. The van der Waals surface area contributed by atoms with Crippen LogP contribution in [0.25, 0.3) is 0 Å². The molecule has 0 aliphatic heterocycles. The fourth-order valence-corrected chi connectivity index (χ4v) is 2.91. The number of nitrogens with one attached hydrogen (secondary N) is 2. The van der Waals surface area contributed by atoms with E-state index in [1.54, 1.807) is 36.0 Å². The highest BCUT2D eigenvalue weighted by molar-refractivity contribution is 7.89. The molecular weight excluding hydrogens is 270 g/mol. The van der Waals surface area contributed by atoms with Crippen molar-refractivity contribution in [2.24, 2.45) is 0 Å². The van der Waals surface area contributed by atoms with Gasteiger partial charge in [-0.2, -0.15) is 0 Å². The van der Waals surface area contributed by atoms with Crippen LogP contribution in [-0.2, 0) is 16.6 Å². The standard InChI is InChI=1S/C11H13N3O2S2/c1-12-18(15,16)11-5-3-2-4-10(11)14-7-9-6-13-8-17-9/h2-6,8,12,14H,7H2,1H3. The van der Waals surface area contributed by atoms with Crippen LogP contribution in [0.15, 0.2) is 40.9 Å². The zero-order chi connectivity index (χ0) is 13.0. The molecule has 1 aromatic carbocycles. The van der Waals surface area contributed by atoms with Crippen LogP contribution in [0, 0.1) is 0 Å². The highest BCUT2D eigenvalue weighted by Crippen LogP contribution is 2.21. The summed E-state index contributed by atoms with van der Waals surface area (Å²) in [4.78, 5) is 5.26. The van der Waals surface area contributed by atoms with Crippen molar-refractivity contribution >= 4 is 27.0 Å².